The van der Waals surface area contributed by atoms with Crippen molar-refractivity contribution in [2.24, 2.45) is 0 Å². The standard InChI is InChI=1S/C15H18FN3O4/c1-15(2,3)23-14(22)18-17-11-8-12(20)19(13(11)21)10-6-4-9(16)5-7-10/h4-7,11,17H,8H2,1-3H3,(H,18,22). The molecule has 1 aromatic rings. The maximum absolute atomic E-state index is 12.9. The van der Waals surface area contributed by atoms with Crippen LogP contribution in [0.5, 0.6) is 0 Å². The predicted octanol–water partition coefficient (Wildman–Crippen LogP) is 1.49. The fraction of sp³-hybridized carbons (Fsp3) is 0.400. The van der Waals surface area contributed by atoms with Crippen LogP contribution in [0.25, 0.3) is 0 Å². The smallest absolute Gasteiger partial charge is 0.422 e. The first-order chi connectivity index (χ1) is 10.7. The number of imide groups is 1. The van der Waals surface area contributed by atoms with Gasteiger partial charge in [-0.15, -0.1) is 0 Å². The summed E-state index contributed by atoms with van der Waals surface area (Å²) in [6, 6.07) is 4.11. The topological polar surface area (TPSA) is 87.7 Å². The lowest BCUT2D eigenvalue weighted by Gasteiger charge is -2.21. The summed E-state index contributed by atoms with van der Waals surface area (Å²) in [5.41, 5.74) is 4.33. The van der Waals surface area contributed by atoms with Crippen LogP contribution in [0, 0.1) is 5.82 Å². The van der Waals surface area contributed by atoms with Crippen LogP contribution in [0.2, 0.25) is 0 Å². The molecular weight excluding hydrogens is 305 g/mol. The van der Waals surface area contributed by atoms with Gasteiger partial charge < -0.3 is 4.74 Å². The summed E-state index contributed by atoms with van der Waals surface area (Å²) < 4.78 is 17.9. The highest BCUT2D eigenvalue weighted by Gasteiger charge is 2.39. The van der Waals surface area contributed by atoms with E-state index in [1.807, 2.05) is 0 Å². The number of nitrogens with one attached hydrogen (secondary N) is 2. The fourth-order valence-electron chi connectivity index (χ4n) is 2.06. The van der Waals surface area contributed by atoms with Gasteiger partial charge in [0.2, 0.25) is 5.91 Å². The van der Waals surface area contributed by atoms with Crippen LogP contribution in [-0.2, 0) is 14.3 Å². The molecule has 3 amide bonds. The maximum atomic E-state index is 12.9. The zero-order valence-electron chi connectivity index (χ0n) is 13.1. The Morgan fingerprint density at radius 2 is 1.87 bits per heavy atom. The van der Waals surface area contributed by atoms with Crippen molar-refractivity contribution in [3.63, 3.8) is 0 Å². The number of hydrogen-bond acceptors (Lipinski definition) is 5. The summed E-state index contributed by atoms with van der Waals surface area (Å²) in [6.07, 6.45) is -0.871. The van der Waals surface area contributed by atoms with Gasteiger partial charge in [0.05, 0.1) is 12.1 Å². The van der Waals surface area contributed by atoms with Gasteiger partial charge in [-0.25, -0.2) is 19.5 Å². The Morgan fingerprint density at radius 1 is 1.26 bits per heavy atom. The van der Waals surface area contributed by atoms with Crippen LogP contribution in [0.3, 0.4) is 0 Å². The third-order valence-electron chi connectivity index (χ3n) is 2.98. The number of benzene rings is 1. The van der Waals surface area contributed by atoms with E-state index in [0.29, 0.717) is 0 Å². The molecule has 7 nitrogen and oxygen atoms in total. The van der Waals surface area contributed by atoms with Gasteiger partial charge in [-0.05, 0) is 45.0 Å². The minimum Gasteiger partial charge on any atom is -0.443 e. The average Bonchev–Trinajstić information content (AvgIpc) is 2.71. The Kier molecular flexibility index (Phi) is 4.65. The maximum Gasteiger partial charge on any atom is 0.422 e. The molecule has 8 heteroatoms. The molecule has 0 spiro atoms. The molecule has 1 saturated heterocycles. The van der Waals surface area contributed by atoms with Gasteiger partial charge in [-0.2, -0.15) is 0 Å². The fourth-order valence-corrected chi connectivity index (χ4v) is 2.06. The Labute approximate surface area is 132 Å². The van der Waals surface area contributed by atoms with Crippen molar-refractivity contribution in [3.8, 4) is 0 Å². The number of carbonyl (C=O) groups excluding carboxylic acids is 3. The first kappa shape index (κ1) is 16.9. The summed E-state index contributed by atoms with van der Waals surface area (Å²) >= 11 is 0. The average molecular weight is 323 g/mol. The zero-order valence-corrected chi connectivity index (χ0v) is 13.1. The molecular formula is C15H18FN3O4. The highest BCUT2D eigenvalue weighted by atomic mass is 19.1. The highest BCUT2D eigenvalue weighted by molar-refractivity contribution is 6.22. The van der Waals surface area contributed by atoms with Crippen LogP contribution in [-0.4, -0.2) is 29.6 Å². The third kappa shape index (κ3) is 4.26. The Morgan fingerprint density at radius 3 is 2.43 bits per heavy atom. The number of ether oxygens (including phenoxy) is 1. The van der Waals surface area contributed by atoms with Crippen LogP contribution < -0.4 is 15.8 Å². The molecule has 1 fully saturated rings. The number of hydrogen-bond donors (Lipinski definition) is 2. The van der Waals surface area contributed by atoms with E-state index in [1.54, 1.807) is 20.8 Å². The van der Waals surface area contributed by atoms with Gasteiger partial charge in [-0.1, -0.05) is 0 Å². The van der Waals surface area contributed by atoms with E-state index >= 15 is 0 Å². The van der Waals surface area contributed by atoms with E-state index in [0.717, 1.165) is 17.0 Å². The second kappa shape index (κ2) is 6.33. The normalized spacial score (nSPS) is 18.3. The summed E-state index contributed by atoms with van der Waals surface area (Å²) in [7, 11) is 0. The van der Waals surface area contributed by atoms with Crippen molar-refractivity contribution in [1.29, 1.82) is 0 Å². The molecule has 1 aromatic carbocycles. The number of carbonyl (C=O) groups is 3. The number of halogens is 1. The molecule has 0 bridgehead atoms. The summed E-state index contributed by atoms with van der Waals surface area (Å²) in [6.45, 7) is 5.10. The molecule has 23 heavy (non-hydrogen) atoms. The number of amides is 3. The third-order valence-corrected chi connectivity index (χ3v) is 2.98. The lowest BCUT2D eigenvalue weighted by atomic mass is 10.2. The predicted molar refractivity (Wildman–Crippen MR) is 79.8 cm³/mol. The number of anilines is 1. The molecule has 1 aliphatic rings. The molecule has 2 N–H and O–H groups in total. The van der Waals surface area contributed by atoms with Gasteiger partial charge in [-0.3, -0.25) is 15.0 Å². The van der Waals surface area contributed by atoms with Crippen LogP contribution >= 0.6 is 0 Å². The van der Waals surface area contributed by atoms with Gasteiger partial charge in [0.15, 0.2) is 0 Å². The molecule has 0 saturated carbocycles. The van der Waals surface area contributed by atoms with Crippen molar-refractivity contribution in [1.82, 2.24) is 10.9 Å². The minimum absolute atomic E-state index is 0.119. The van der Waals surface area contributed by atoms with Crippen molar-refractivity contribution in [2.75, 3.05) is 4.90 Å². The lowest BCUT2D eigenvalue weighted by Crippen LogP contribution is -2.49. The molecule has 1 unspecified atom stereocenters. The molecule has 1 heterocycles. The second-order valence-electron chi connectivity index (χ2n) is 6.07. The Balaban J connectivity index is 1.98. The van der Waals surface area contributed by atoms with Crippen LogP contribution in [0.15, 0.2) is 24.3 Å². The van der Waals surface area contributed by atoms with E-state index in [1.165, 1.54) is 12.1 Å². The van der Waals surface area contributed by atoms with Crippen molar-refractivity contribution in [3.05, 3.63) is 30.1 Å². The Hall–Kier alpha value is -2.48. The van der Waals surface area contributed by atoms with E-state index in [-0.39, 0.29) is 12.1 Å². The van der Waals surface area contributed by atoms with Crippen LogP contribution in [0.1, 0.15) is 27.2 Å². The zero-order chi connectivity index (χ0) is 17.2. The largest absolute Gasteiger partial charge is 0.443 e. The first-order valence-electron chi connectivity index (χ1n) is 7.04. The first-order valence-corrected chi connectivity index (χ1v) is 7.04. The van der Waals surface area contributed by atoms with Crippen molar-refractivity contribution < 1.29 is 23.5 Å². The Bertz CT molecular complexity index is 625. The van der Waals surface area contributed by atoms with E-state index in [4.69, 9.17) is 4.74 Å². The minimum atomic E-state index is -0.903. The molecule has 2 rings (SSSR count). The lowest BCUT2D eigenvalue weighted by molar-refractivity contribution is -0.121. The molecule has 124 valence electrons. The summed E-state index contributed by atoms with van der Waals surface area (Å²) in [5.74, 6) is -1.43. The SMILES string of the molecule is CC(C)(C)OC(=O)NNC1CC(=O)N(c2ccc(F)cc2)C1=O. The molecule has 1 aliphatic heterocycles. The highest BCUT2D eigenvalue weighted by Crippen LogP contribution is 2.22. The van der Waals surface area contributed by atoms with Gasteiger partial charge in [0.1, 0.15) is 17.5 Å². The summed E-state index contributed by atoms with van der Waals surface area (Å²) in [5, 5.41) is 0. The van der Waals surface area contributed by atoms with E-state index in [9.17, 15) is 18.8 Å². The van der Waals surface area contributed by atoms with Crippen LogP contribution in [0.4, 0.5) is 14.9 Å². The summed E-state index contributed by atoms with van der Waals surface area (Å²) in [4.78, 5) is 36.7. The number of hydrazine groups is 1. The molecule has 0 radical (unpaired) electrons. The number of rotatable bonds is 3. The van der Waals surface area contributed by atoms with Gasteiger partial charge >= 0.3 is 6.09 Å². The number of nitrogens with zero attached hydrogens (tertiary/aromatic N) is 1. The van der Waals surface area contributed by atoms with Gasteiger partial charge in [0.25, 0.3) is 5.91 Å². The second-order valence-corrected chi connectivity index (χ2v) is 6.07. The molecule has 0 aromatic heterocycles. The van der Waals surface area contributed by atoms with E-state index < -0.39 is 35.4 Å². The van der Waals surface area contributed by atoms with Crippen molar-refractivity contribution >= 4 is 23.6 Å². The monoisotopic (exact) mass is 323 g/mol. The molecule has 0 aliphatic carbocycles. The quantitative estimate of drug-likeness (QED) is 0.650. The van der Waals surface area contributed by atoms with E-state index in [2.05, 4.69) is 10.9 Å². The van der Waals surface area contributed by atoms with Gasteiger partial charge in [0, 0.05) is 0 Å². The van der Waals surface area contributed by atoms with Crippen molar-refractivity contribution in [2.45, 2.75) is 38.8 Å². The molecule has 1 atom stereocenters.